The summed E-state index contributed by atoms with van der Waals surface area (Å²) in [5, 5.41) is 9.29. The van der Waals surface area contributed by atoms with Crippen LogP contribution in [0.2, 0.25) is 0 Å². The van der Waals surface area contributed by atoms with Gasteiger partial charge in [-0.15, -0.1) is 0 Å². The van der Waals surface area contributed by atoms with Crippen LogP contribution in [0.4, 0.5) is 0 Å². The Morgan fingerprint density at radius 1 is 1.35 bits per heavy atom. The molecule has 1 aromatic carbocycles. The van der Waals surface area contributed by atoms with Gasteiger partial charge in [-0.2, -0.15) is 0 Å². The zero-order chi connectivity index (χ0) is 14.1. The van der Waals surface area contributed by atoms with Crippen LogP contribution < -0.4 is 0 Å². The second-order valence-corrected chi connectivity index (χ2v) is 4.65. The molecule has 1 N–H and O–H groups in total. The maximum absolute atomic E-state index is 11.3. The highest BCUT2D eigenvalue weighted by molar-refractivity contribution is 6.01. The number of hydrogen-bond acceptors (Lipinski definition) is 3. The molecule has 5 heteroatoms. The summed E-state index contributed by atoms with van der Waals surface area (Å²) < 4.78 is 1.85. The zero-order valence-electron chi connectivity index (χ0n) is 10.9. The third kappa shape index (κ3) is 2.03. The van der Waals surface area contributed by atoms with E-state index in [1.807, 2.05) is 23.6 Å². The Kier molecular flexibility index (Phi) is 2.95. The van der Waals surface area contributed by atoms with Gasteiger partial charge in [0, 0.05) is 12.4 Å². The van der Waals surface area contributed by atoms with Crippen LogP contribution >= 0.6 is 0 Å². The van der Waals surface area contributed by atoms with Crippen LogP contribution in [0.3, 0.4) is 0 Å². The molecule has 2 heterocycles. The van der Waals surface area contributed by atoms with E-state index in [0.29, 0.717) is 17.6 Å². The highest BCUT2D eigenvalue weighted by Crippen LogP contribution is 2.20. The highest BCUT2D eigenvalue weighted by atomic mass is 16.4. The minimum Gasteiger partial charge on any atom is -0.478 e. The number of carbonyl (C=O) groups is 1. The van der Waals surface area contributed by atoms with Gasteiger partial charge in [-0.1, -0.05) is 6.07 Å². The predicted octanol–water partition coefficient (Wildman–Crippen LogP) is 2.49. The number of imidazole rings is 1. The number of rotatable bonds is 3. The first-order valence-electron chi connectivity index (χ1n) is 6.23. The van der Waals surface area contributed by atoms with Crippen molar-refractivity contribution >= 4 is 17.0 Å². The SMILES string of the molecule is Cc1ccncc1Cn1cnc2cccc(C(=O)O)c21. The Morgan fingerprint density at radius 2 is 2.20 bits per heavy atom. The van der Waals surface area contributed by atoms with Crippen molar-refractivity contribution in [3.63, 3.8) is 0 Å². The van der Waals surface area contributed by atoms with Gasteiger partial charge in [-0.05, 0) is 36.2 Å². The van der Waals surface area contributed by atoms with Crippen LogP contribution in [0.5, 0.6) is 0 Å². The Labute approximate surface area is 115 Å². The van der Waals surface area contributed by atoms with Gasteiger partial charge in [0.05, 0.1) is 29.5 Å². The van der Waals surface area contributed by atoms with Crippen LogP contribution in [-0.4, -0.2) is 25.6 Å². The van der Waals surface area contributed by atoms with Gasteiger partial charge in [0.15, 0.2) is 0 Å². The minimum absolute atomic E-state index is 0.265. The van der Waals surface area contributed by atoms with Crippen molar-refractivity contribution < 1.29 is 9.90 Å². The summed E-state index contributed by atoms with van der Waals surface area (Å²) in [5.74, 6) is -0.944. The molecule has 2 aromatic heterocycles. The number of benzene rings is 1. The molecule has 0 aliphatic carbocycles. The van der Waals surface area contributed by atoms with E-state index in [2.05, 4.69) is 9.97 Å². The first-order chi connectivity index (χ1) is 9.66. The third-order valence-corrected chi connectivity index (χ3v) is 3.36. The first-order valence-corrected chi connectivity index (χ1v) is 6.23. The molecule has 0 aliphatic heterocycles. The summed E-state index contributed by atoms with van der Waals surface area (Å²) in [5.41, 5.74) is 3.76. The van der Waals surface area contributed by atoms with Crippen LogP contribution in [-0.2, 0) is 6.54 Å². The Bertz CT molecular complexity index is 793. The van der Waals surface area contributed by atoms with Crippen LogP contribution in [0.15, 0.2) is 43.0 Å². The summed E-state index contributed by atoms with van der Waals surface area (Å²) in [7, 11) is 0. The number of pyridine rings is 1. The number of hydrogen-bond donors (Lipinski definition) is 1. The summed E-state index contributed by atoms with van der Waals surface area (Å²) in [6.45, 7) is 2.56. The molecule has 0 bridgehead atoms. The van der Waals surface area contributed by atoms with Crippen LogP contribution in [0, 0.1) is 6.92 Å². The number of fused-ring (bicyclic) bond motifs is 1. The molecule has 20 heavy (non-hydrogen) atoms. The van der Waals surface area contributed by atoms with Crippen LogP contribution in [0.1, 0.15) is 21.5 Å². The van der Waals surface area contributed by atoms with Gasteiger partial charge in [0.25, 0.3) is 0 Å². The smallest absolute Gasteiger partial charge is 0.337 e. The van der Waals surface area contributed by atoms with E-state index >= 15 is 0 Å². The van der Waals surface area contributed by atoms with Gasteiger partial charge < -0.3 is 9.67 Å². The Hall–Kier alpha value is -2.69. The summed E-state index contributed by atoms with van der Waals surface area (Å²) in [6.07, 6.45) is 5.21. The van der Waals surface area contributed by atoms with Gasteiger partial charge in [0.2, 0.25) is 0 Å². The molecule has 100 valence electrons. The Balaban J connectivity index is 2.13. The van der Waals surface area contributed by atoms with Crippen molar-refractivity contribution in [2.24, 2.45) is 0 Å². The molecule has 0 saturated heterocycles. The zero-order valence-corrected chi connectivity index (χ0v) is 10.9. The fraction of sp³-hybridized carbons (Fsp3) is 0.133. The second-order valence-electron chi connectivity index (χ2n) is 4.65. The number of para-hydroxylation sites is 1. The predicted molar refractivity (Wildman–Crippen MR) is 74.8 cm³/mol. The van der Waals surface area contributed by atoms with Crippen molar-refractivity contribution in [1.29, 1.82) is 0 Å². The van der Waals surface area contributed by atoms with E-state index in [-0.39, 0.29) is 5.56 Å². The second kappa shape index (κ2) is 4.77. The number of carboxylic acids is 1. The van der Waals surface area contributed by atoms with Gasteiger partial charge in [0.1, 0.15) is 0 Å². The van der Waals surface area contributed by atoms with E-state index in [0.717, 1.165) is 11.1 Å². The minimum atomic E-state index is -0.944. The van der Waals surface area contributed by atoms with Gasteiger partial charge in [-0.25, -0.2) is 9.78 Å². The average Bonchev–Trinajstić information content (AvgIpc) is 2.84. The van der Waals surface area contributed by atoms with Gasteiger partial charge in [-0.3, -0.25) is 4.98 Å². The van der Waals surface area contributed by atoms with Gasteiger partial charge >= 0.3 is 5.97 Å². The van der Waals surface area contributed by atoms with E-state index in [4.69, 9.17) is 0 Å². The molecule has 0 amide bonds. The van der Waals surface area contributed by atoms with E-state index in [1.165, 1.54) is 0 Å². The molecular weight excluding hydrogens is 254 g/mol. The summed E-state index contributed by atoms with van der Waals surface area (Å²) in [4.78, 5) is 19.7. The van der Waals surface area contributed by atoms with Crippen molar-refractivity contribution in [1.82, 2.24) is 14.5 Å². The normalized spacial score (nSPS) is 10.8. The molecule has 5 nitrogen and oxygen atoms in total. The quantitative estimate of drug-likeness (QED) is 0.791. The maximum Gasteiger partial charge on any atom is 0.337 e. The molecule has 0 spiro atoms. The van der Waals surface area contributed by atoms with E-state index in [9.17, 15) is 9.90 Å². The van der Waals surface area contributed by atoms with Crippen molar-refractivity contribution in [3.05, 3.63) is 59.7 Å². The fourth-order valence-corrected chi connectivity index (χ4v) is 2.27. The molecule has 0 atom stereocenters. The highest BCUT2D eigenvalue weighted by Gasteiger charge is 2.13. The molecule has 0 fully saturated rings. The lowest BCUT2D eigenvalue weighted by molar-refractivity contribution is 0.0698. The molecule has 0 aliphatic rings. The fourth-order valence-electron chi connectivity index (χ4n) is 2.27. The number of aryl methyl sites for hydroxylation is 1. The number of aromatic nitrogens is 3. The van der Waals surface area contributed by atoms with E-state index in [1.54, 1.807) is 30.9 Å². The molecule has 3 aromatic rings. The summed E-state index contributed by atoms with van der Waals surface area (Å²) in [6, 6.07) is 7.05. The molecular formula is C15H13N3O2. The molecule has 0 radical (unpaired) electrons. The monoisotopic (exact) mass is 267 g/mol. The maximum atomic E-state index is 11.3. The first kappa shape index (κ1) is 12.3. The lowest BCUT2D eigenvalue weighted by Crippen LogP contribution is -2.05. The van der Waals surface area contributed by atoms with E-state index < -0.39 is 5.97 Å². The third-order valence-electron chi connectivity index (χ3n) is 3.36. The lowest BCUT2D eigenvalue weighted by atomic mass is 10.1. The molecule has 0 saturated carbocycles. The topological polar surface area (TPSA) is 68.0 Å². The van der Waals surface area contributed by atoms with Crippen molar-refractivity contribution in [2.75, 3.05) is 0 Å². The molecule has 3 rings (SSSR count). The summed E-state index contributed by atoms with van der Waals surface area (Å²) >= 11 is 0. The van der Waals surface area contributed by atoms with Crippen LogP contribution in [0.25, 0.3) is 11.0 Å². The average molecular weight is 267 g/mol. The number of nitrogens with zero attached hydrogens (tertiary/aromatic N) is 3. The lowest BCUT2D eigenvalue weighted by Gasteiger charge is -2.08. The Morgan fingerprint density at radius 3 is 2.95 bits per heavy atom. The molecule has 0 unspecified atom stereocenters. The van der Waals surface area contributed by atoms with Crippen molar-refractivity contribution in [2.45, 2.75) is 13.5 Å². The number of carboxylic acid groups (broad SMARTS) is 1. The number of aromatic carboxylic acids is 1. The van der Waals surface area contributed by atoms with Crippen molar-refractivity contribution in [3.8, 4) is 0 Å². The standard InChI is InChI=1S/C15H13N3O2/c1-10-5-6-16-7-11(10)8-18-9-17-13-4-2-3-12(14(13)18)15(19)20/h2-7,9H,8H2,1H3,(H,19,20). The largest absolute Gasteiger partial charge is 0.478 e.